The van der Waals surface area contributed by atoms with Crippen molar-refractivity contribution in [1.82, 2.24) is 9.97 Å². The summed E-state index contributed by atoms with van der Waals surface area (Å²) in [7, 11) is 1.30. The fourth-order valence-corrected chi connectivity index (χ4v) is 1.58. The van der Waals surface area contributed by atoms with Crippen LogP contribution in [0.1, 0.15) is 17.4 Å². The van der Waals surface area contributed by atoms with Crippen LogP contribution in [0.5, 0.6) is 5.75 Å². The van der Waals surface area contributed by atoms with Gasteiger partial charge in [-0.3, -0.25) is 0 Å². The second-order valence-corrected chi connectivity index (χ2v) is 3.86. The smallest absolute Gasteiger partial charge is 0.358 e. The number of nitrogens with one attached hydrogen (secondary N) is 1. The predicted molar refractivity (Wildman–Crippen MR) is 74.3 cm³/mol. The number of hydrogen-bond donors (Lipinski definition) is 1. The molecule has 2 rings (SSSR count). The van der Waals surface area contributed by atoms with E-state index in [4.69, 9.17) is 4.74 Å². The van der Waals surface area contributed by atoms with E-state index in [1.54, 1.807) is 0 Å². The van der Waals surface area contributed by atoms with Gasteiger partial charge >= 0.3 is 5.97 Å². The lowest BCUT2D eigenvalue weighted by molar-refractivity contribution is 0.0593. The summed E-state index contributed by atoms with van der Waals surface area (Å²) >= 11 is 0. The van der Waals surface area contributed by atoms with Crippen molar-refractivity contribution in [3.63, 3.8) is 0 Å². The van der Waals surface area contributed by atoms with Crippen LogP contribution < -0.4 is 10.1 Å². The third kappa shape index (κ3) is 3.44. The molecule has 2 aromatic rings. The van der Waals surface area contributed by atoms with Crippen LogP contribution in [0.4, 0.5) is 11.5 Å². The number of rotatable bonds is 5. The number of nitrogens with zero attached hydrogens (tertiary/aromatic N) is 2. The Bertz CT molecular complexity index is 584. The van der Waals surface area contributed by atoms with Gasteiger partial charge in [-0.2, -0.15) is 0 Å². The zero-order chi connectivity index (χ0) is 14.4. The molecule has 1 heterocycles. The van der Waals surface area contributed by atoms with Crippen molar-refractivity contribution in [2.45, 2.75) is 6.92 Å². The molecule has 0 atom stereocenters. The van der Waals surface area contributed by atoms with Crippen LogP contribution in [-0.4, -0.2) is 29.7 Å². The Morgan fingerprint density at radius 2 is 2.15 bits per heavy atom. The molecule has 1 aromatic heterocycles. The predicted octanol–water partition coefficient (Wildman–Crippen LogP) is 2.41. The lowest BCUT2D eigenvalue weighted by atomic mass is 10.3. The topological polar surface area (TPSA) is 73.3 Å². The Morgan fingerprint density at radius 3 is 2.80 bits per heavy atom. The van der Waals surface area contributed by atoms with Crippen LogP contribution in [-0.2, 0) is 4.74 Å². The van der Waals surface area contributed by atoms with Gasteiger partial charge in [0.1, 0.15) is 11.6 Å². The standard InChI is InChI=1S/C14H15N3O3/c1-3-20-11-6-4-5-10(7-11)17-13-9-15-12(8-16-13)14(18)19-2/h4-9H,3H2,1-2H3,(H,16,17). The van der Waals surface area contributed by atoms with Crippen molar-refractivity contribution in [2.24, 2.45) is 0 Å². The molecule has 1 N–H and O–H groups in total. The summed E-state index contributed by atoms with van der Waals surface area (Å²) in [4.78, 5) is 19.3. The largest absolute Gasteiger partial charge is 0.494 e. The third-order valence-electron chi connectivity index (χ3n) is 2.46. The SMILES string of the molecule is CCOc1cccc(Nc2cnc(C(=O)OC)cn2)c1. The van der Waals surface area contributed by atoms with E-state index in [2.05, 4.69) is 20.0 Å². The van der Waals surface area contributed by atoms with Crippen LogP contribution in [0.25, 0.3) is 0 Å². The highest BCUT2D eigenvalue weighted by atomic mass is 16.5. The van der Waals surface area contributed by atoms with E-state index >= 15 is 0 Å². The Labute approximate surface area is 116 Å². The minimum Gasteiger partial charge on any atom is -0.494 e. The minimum absolute atomic E-state index is 0.168. The molecule has 0 aliphatic rings. The molecule has 0 aliphatic heterocycles. The van der Waals surface area contributed by atoms with Crippen LogP contribution in [0, 0.1) is 0 Å². The fourth-order valence-electron chi connectivity index (χ4n) is 1.58. The van der Waals surface area contributed by atoms with Gasteiger partial charge in [-0.15, -0.1) is 0 Å². The number of anilines is 2. The summed E-state index contributed by atoms with van der Waals surface area (Å²) in [6.45, 7) is 2.54. The maximum Gasteiger partial charge on any atom is 0.358 e. The summed E-state index contributed by atoms with van der Waals surface area (Å²) in [5.74, 6) is 0.797. The Hall–Kier alpha value is -2.63. The second kappa shape index (κ2) is 6.51. The van der Waals surface area contributed by atoms with Gasteiger partial charge in [-0.1, -0.05) is 6.07 Å². The van der Waals surface area contributed by atoms with Crippen LogP contribution in [0.2, 0.25) is 0 Å². The fraction of sp³-hybridized carbons (Fsp3) is 0.214. The Kier molecular flexibility index (Phi) is 4.49. The number of hydrogen-bond acceptors (Lipinski definition) is 6. The number of esters is 1. The van der Waals surface area contributed by atoms with Crippen molar-refractivity contribution in [2.75, 3.05) is 19.0 Å². The van der Waals surface area contributed by atoms with Crippen molar-refractivity contribution < 1.29 is 14.3 Å². The molecule has 6 heteroatoms. The maximum absolute atomic E-state index is 11.2. The molecule has 1 aromatic carbocycles. The van der Waals surface area contributed by atoms with Gasteiger partial charge in [0.05, 0.1) is 26.1 Å². The zero-order valence-corrected chi connectivity index (χ0v) is 11.3. The maximum atomic E-state index is 11.2. The van der Waals surface area contributed by atoms with Crippen molar-refractivity contribution in [3.8, 4) is 5.75 Å². The molecule has 0 unspecified atom stereocenters. The van der Waals surface area contributed by atoms with Gasteiger partial charge in [-0.25, -0.2) is 14.8 Å². The minimum atomic E-state index is -0.512. The van der Waals surface area contributed by atoms with Gasteiger partial charge in [0.2, 0.25) is 0 Å². The average Bonchev–Trinajstić information content (AvgIpc) is 2.48. The molecular formula is C14H15N3O3. The van der Waals surface area contributed by atoms with E-state index < -0.39 is 5.97 Å². The van der Waals surface area contributed by atoms with Gasteiger partial charge in [0, 0.05) is 11.8 Å². The summed E-state index contributed by atoms with van der Waals surface area (Å²) < 4.78 is 9.97. The molecule has 0 saturated heterocycles. The summed E-state index contributed by atoms with van der Waals surface area (Å²) in [5.41, 5.74) is 0.997. The lowest BCUT2D eigenvalue weighted by Gasteiger charge is -2.08. The third-order valence-corrected chi connectivity index (χ3v) is 2.46. The Morgan fingerprint density at radius 1 is 1.30 bits per heavy atom. The first kappa shape index (κ1) is 13.8. The van der Waals surface area contributed by atoms with E-state index in [0.29, 0.717) is 12.4 Å². The van der Waals surface area contributed by atoms with Crippen molar-refractivity contribution in [3.05, 3.63) is 42.4 Å². The molecule has 0 spiro atoms. The first-order valence-electron chi connectivity index (χ1n) is 6.13. The number of aromatic nitrogens is 2. The van der Waals surface area contributed by atoms with Crippen LogP contribution in [0.3, 0.4) is 0 Å². The molecule has 0 bridgehead atoms. The number of benzene rings is 1. The van der Waals surface area contributed by atoms with Gasteiger partial charge < -0.3 is 14.8 Å². The van der Waals surface area contributed by atoms with E-state index in [1.807, 2.05) is 31.2 Å². The molecule has 0 fully saturated rings. The first-order chi connectivity index (χ1) is 9.72. The highest BCUT2D eigenvalue weighted by Gasteiger charge is 2.07. The van der Waals surface area contributed by atoms with E-state index in [-0.39, 0.29) is 5.69 Å². The van der Waals surface area contributed by atoms with E-state index in [1.165, 1.54) is 19.5 Å². The zero-order valence-electron chi connectivity index (χ0n) is 11.3. The molecule has 0 radical (unpaired) electrons. The van der Waals surface area contributed by atoms with Crippen LogP contribution in [0.15, 0.2) is 36.7 Å². The average molecular weight is 273 g/mol. The van der Waals surface area contributed by atoms with Crippen LogP contribution >= 0.6 is 0 Å². The summed E-state index contributed by atoms with van der Waals surface area (Å²) in [6, 6.07) is 7.50. The molecule has 0 aliphatic carbocycles. The number of methoxy groups -OCH3 is 1. The molecule has 0 amide bonds. The molecular weight excluding hydrogens is 258 g/mol. The van der Waals surface area contributed by atoms with Crippen molar-refractivity contribution in [1.29, 1.82) is 0 Å². The van der Waals surface area contributed by atoms with Crippen molar-refractivity contribution >= 4 is 17.5 Å². The van der Waals surface area contributed by atoms with Gasteiger partial charge in [-0.05, 0) is 19.1 Å². The molecule has 104 valence electrons. The summed E-state index contributed by atoms with van der Waals surface area (Å²) in [6.07, 6.45) is 2.83. The first-order valence-corrected chi connectivity index (χ1v) is 6.13. The highest BCUT2D eigenvalue weighted by Crippen LogP contribution is 2.20. The Balaban J connectivity index is 2.09. The monoisotopic (exact) mass is 273 g/mol. The number of carbonyl (C=O) groups excluding carboxylic acids is 1. The molecule has 6 nitrogen and oxygen atoms in total. The normalized spacial score (nSPS) is 9.90. The van der Waals surface area contributed by atoms with E-state index in [9.17, 15) is 4.79 Å². The summed E-state index contributed by atoms with van der Waals surface area (Å²) in [5, 5.41) is 3.08. The van der Waals surface area contributed by atoms with Gasteiger partial charge in [0.25, 0.3) is 0 Å². The molecule has 20 heavy (non-hydrogen) atoms. The van der Waals surface area contributed by atoms with Gasteiger partial charge in [0.15, 0.2) is 5.69 Å². The number of carbonyl (C=O) groups is 1. The quantitative estimate of drug-likeness (QED) is 0.843. The van der Waals surface area contributed by atoms with E-state index in [0.717, 1.165) is 11.4 Å². The number of ether oxygens (including phenoxy) is 2. The molecule has 0 saturated carbocycles. The lowest BCUT2D eigenvalue weighted by Crippen LogP contribution is -2.05. The highest BCUT2D eigenvalue weighted by molar-refractivity contribution is 5.86. The second-order valence-electron chi connectivity index (χ2n) is 3.86.